The van der Waals surface area contributed by atoms with Crippen LogP contribution >= 0.6 is 11.8 Å². The van der Waals surface area contributed by atoms with E-state index in [2.05, 4.69) is 15.3 Å². The second-order valence-electron chi connectivity index (χ2n) is 7.02. The number of alkyl halides is 3. The highest BCUT2D eigenvalue weighted by Gasteiger charge is 2.35. The quantitative estimate of drug-likeness (QED) is 0.289. The number of nitrogens with zero attached hydrogens (tertiary/aromatic N) is 2. The van der Waals surface area contributed by atoms with E-state index in [0.717, 1.165) is 22.9 Å². The standard InChI is InChI=1S/C24H18F3N3OS/c25-24(26,27)23-29-20-13-7-5-11-18(20)22(30-23)32-15-21(31)28-19-12-6-4-10-17(19)14-16-8-2-1-3-9-16/h1-13H,14-15H2,(H,28,31). The van der Waals surface area contributed by atoms with E-state index in [0.29, 0.717) is 17.5 Å². The van der Waals surface area contributed by atoms with Gasteiger partial charge in [0.1, 0.15) is 5.03 Å². The van der Waals surface area contributed by atoms with Crippen molar-refractivity contribution in [3.63, 3.8) is 0 Å². The summed E-state index contributed by atoms with van der Waals surface area (Å²) in [5.74, 6) is -1.63. The maximum absolute atomic E-state index is 13.2. The second-order valence-corrected chi connectivity index (χ2v) is 7.99. The van der Waals surface area contributed by atoms with E-state index < -0.39 is 12.0 Å². The van der Waals surface area contributed by atoms with E-state index in [4.69, 9.17) is 0 Å². The highest BCUT2D eigenvalue weighted by atomic mass is 32.2. The molecule has 4 nitrogen and oxygen atoms in total. The first kappa shape index (κ1) is 21.8. The zero-order valence-corrected chi connectivity index (χ0v) is 17.6. The maximum Gasteiger partial charge on any atom is 0.451 e. The normalized spacial score (nSPS) is 11.5. The lowest BCUT2D eigenvalue weighted by molar-refractivity contribution is -0.145. The smallest absolute Gasteiger partial charge is 0.325 e. The van der Waals surface area contributed by atoms with Crippen LogP contribution in [0.2, 0.25) is 0 Å². The van der Waals surface area contributed by atoms with Gasteiger partial charge in [-0.1, -0.05) is 78.5 Å². The molecule has 1 N–H and O–H groups in total. The summed E-state index contributed by atoms with van der Waals surface area (Å²) in [5, 5.41) is 3.46. The fourth-order valence-electron chi connectivity index (χ4n) is 3.22. The average molecular weight is 453 g/mol. The molecular weight excluding hydrogens is 435 g/mol. The summed E-state index contributed by atoms with van der Waals surface area (Å²) in [7, 11) is 0. The molecule has 0 unspecified atom stereocenters. The van der Waals surface area contributed by atoms with Crippen molar-refractivity contribution in [2.75, 3.05) is 11.1 Å². The molecule has 4 aromatic rings. The van der Waals surface area contributed by atoms with Crippen LogP contribution in [0.1, 0.15) is 17.0 Å². The molecule has 0 saturated heterocycles. The first-order chi connectivity index (χ1) is 15.4. The molecule has 0 atom stereocenters. The SMILES string of the molecule is O=C(CSc1nc(C(F)(F)F)nc2ccccc12)Nc1ccccc1Cc1ccccc1. The third-order valence-corrected chi connectivity index (χ3v) is 5.68. The zero-order chi connectivity index (χ0) is 22.6. The van der Waals surface area contributed by atoms with Crippen LogP contribution in [0.4, 0.5) is 18.9 Å². The van der Waals surface area contributed by atoms with Crippen LogP contribution in [0.25, 0.3) is 10.9 Å². The highest BCUT2D eigenvalue weighted by molar-refractivity contribution is 8.00. The van der Waals surface area contributed by atoms with Crippen molar-refractivity contribution in [2.45, 2.75) is 17.6 Å². The summed E-state index contributed by atoms with van der Waals surface area (Å²) in [5.41, 5.74) is 2.91. The predicted molar refractivity (Wildman–Crippen MR) is 120 cm³/mol. The van der Waals surface area contributed by atoms with Crippen LogP contribution in [-0.2, 0) is 17.4 Å². The minimum Gasteiger partial charge on any atom is -0.325 e. The van der Waals surface area contributed by atoms with Gasteiger partial charge in [-0.3, -0.25) is 4.79 Å². The van der Waals surface area contributed by atoms with E-state index in [-0.39, 0.29) is 22.2 Å². The van der Waals surface area contributed by atoms with Gasteiger partial charge in [0.05, 0.1) is 11.3 Å². The molecule has 4 rings (SSSR count). The van der Waals surface area contributed by atoms with Gasteiger partial charge in [-0.2, -0.15) is 13.2 Å². The number of thioether (sulfide) groups is 1. The number of carbonyl (C=O) groups excluding carboxylic acids is 1. The molecular formula is C24H18F3N3OS. The molecule has 8 heteroatoms. The van der Waals surface area contributed by atoms with Gasteiger partial charge in [-0.15, -0.1) is 0 Å². The molecule has 162 valence electrons. The van der Waals surface area contributed by atoms with Crippen molar-refractivity contribution in [2.24, 2.45) is 0 Å². The molecule has 0 aliphatic heterocycles. The molecule has 0 spiro atoms. The molecule has 0 aliphatic rings. The number of fused-ring (bicyclic) bond motifs is 1. The number of halogens is 3. The van der Waals surface area contributed by atoms with Gasteiger partial charge in [0.15, 0.2) is 0 Å². The number of para-hydroxylation sites is 2. The molecule has 0 fully saturated rings. The van der Waals surface area contributed by atoms with Gasteiger partial charge in [-0.05, 0) is 29.7 Å². The molecule has 1 heterocycles. The number of hydrogen-bond acceptors (Lipinski definition) is 4. The number of rotatable bonds is 6. The minimum absolute atomic E-state index is 0.0853. The number of aromatic nitrogens is 2. The summed E-state index contributed by atoms with van der Waals surface area (Å²) in [4.78, 5) is 19.9. The van der Waals surface area contributed by atoms with E-state index in [1.807, 2.05) is 54.6 Å². The van der Waals surface area contributed by atoms with Crippen molar-refractivity contribution in [3.8, 4) is 0 Å². The van der Waals surface area contributed by atoms with E-state index in [1.165, 1.54) is 6.07 Å². The topological polar surface area (TPSA) is 54.9 Å². The Morgan fingerprint density at radius 1 is 0.875 bits per heavy atom. The van der Waals surface area contributed by atoms with Crippen LogP contribution in [0, 0.1) is 0 Å². The third kappa shape index (κ3) is 5.26. The molecule has 1 amide bonds. The van der Waals surface area contributed by atoms with E-state index in [1.54, 1.807) is 18.2 Å². The molecule has 0 bridgehead atoms. The summed E-state index contributed by atoms with van der Waals surface area (Å²) in [6.07, 6.45) is -4.02. The Morgan fingerprint density at radius 2 is 1.56 bits per heavy atom. The minimum atomic E-state index is -4.67. The molecule has 0 saturated carbocycles. The monoisotopic (exact) mass is 453 g/mol. The summed E-state index contributed by atoms with van der Waals surface area (Å²) >= 11 is 0.954. The Kier molecular flexibility index (Phi) is 6.41. The second kappa shape index (κ2) is 9.40. The van der Waals surface area contributed by atoms with Gasteiger partial charge in [-0.25, -0.2) is 9.97 Å². The Hall–Kier alpha value is -3.39. The number of carbonyl (C=O) groups is 1. The van der Waals surface area contributed by atoms with Crippen LogP contribution in [0.5, 0.6) is 0 Å². The lowest BCUT2D eigenvalue weighted by Crippen LogP contribution is -2.16. The summed E-state index contributed by atoms with van der Waals surface area (Å²) in [6.45, 7) is 0. The van der Waals surface area contributed by atoms with Crippen LogP contribution in [-0.4, -0.2) is 21.6 Å². The fraction of sp³-hybridized carbons (Fsp3) is 0.125. The van der Waals surface area contributed by atoms with Gasteiger partial charge in [0.25, 0.3) is 0 Å². The zero-order valence-electron chi connectivity index (χ0n) is 16.8. The first-order valence-corrected chi connectivity index (χ1v) is 10.8. The Labute approximate surface area is 186 Å². The van der Waals surface area contributed by atoms with E-state index >= 15 is 0 Å². The van der Waals surface area contributed by atoms with Crippen LogP contribution < -0.4 is 5.32 Å². The Balaban J connectivity index is 1.50. The lowest BCUT2D eigenvalue weighted by Gasteiger charge is -2.12. The Bertz CT molecular complexity index is 1250. The van der Waals surface area contributed by atoms with Crippen molar-refractivity contribution >= 4 is 34.3 Å². The Morgan fingerprint density at radius 3 is 2.34 bits per heavy atom. The fourth-order valence-corrected chi connectivity index (χ4v) is 4.04. The molecule has 3 aromatic carbocycles. The van der Waals surface area contributed by atoms with Crippen molar-refractivity contribution in [3.05, 3.63) is 95.8 Å². The van der Waals surface area contributed by atoms with E-state index in [9.17, 15) is 18.0 Å². The highest BCUT2D eigenvalue weighted by Crippen LogP contribution is 2.32. The number of nitrogens with one attached hydrogen (secondary N) is 1. The first-order valence-electron chi connectivity index (χ1n) is 9.78. The van der Waals surface area contributed by atoms with Crippen LogP contribution in [0.15, 0.2) is 83.9 Å². The van der Waals surface area contributed by atoms with Crippen molar-refractivity contribution < 1.29 is 18.0 Å². The molecule has 0 radical (unpaired) electrons. The van der Waals surface area contributed by atoms with Crippen LogP contribution in [0.3, 0.4) is 0 Å². The third-order valence-electron chi connectivity index (χ3n) is 4.69. The summed E-state index contributed by atoms with van der Waals surface area (Å²) in [6, 6.07) is 23.8. The molecule has 0 aliphatic carbocycles. The predicted octanol–water partition coefficient (Wildman–Crippen LogP) is 5.97. The largest absolute Gasteiger partial charge is 0.451 e. The number of hydrogen-bond donors (Lipinski definition) is 1. The van der Waals surface area contributed by atoms with Crippen molar-refractivity contribution in [1.82, 2.24) is 9.97 Å². The molecule has 1 aromatic heterocycles. The van der Waals surface area contributed by atoms with Gasteiger partial charge >= 0.3 is 6.18 Å². The number of benzene rings is 3. The average Bonchev–Trinajstić information content (AvgIpc) is 2.78. The maximum atomic E-state index is 13.2. The van der Waals surface area contributed by atoms with Gasteiger partial charge in [0, 0.05) is 11.1 Å². The van der Waals surface area contributed by atoms with Gasteiger partial charge in [0.2, 0.25) is 11.7 Å². The lowest BCUT2D eigenvalue weighted by atomic mass is 10.0. The van der Waals surface area contributed by atoms with Gasteiger partial charge < -0.3 is 5.32 Å². The van der Waals surface area contributed by atoms with Crippen molar-refractivity contribution in [1.29, 1.82) is 0 Å². The number of amides is 1. The number of anilines is 1. The molecule has 32 heavy (non-hydrogen) atoms. The summed E-state index contributed by atoms with van der Waals surface area (Å²) < 4.78 is 39.6.